The Labute approximate surface area is 192 Å². The molecular formula is C18H32O16. The number of ether oxygens (including phenoxy) is 4. The molecule has 2 aliphatic heterocycles. The molecule has 0 radical (unpaired) electrons. The van der Waals surface area contributed by atoms with Crippen molar-refractivity contribution in [2.24, 2.45) is 0 Å². The topological polar surface area (TPSA) is 280 Å². The summed E-state index contributed by atoms with van der Waals surface area (Å²) in [5.41, 5.74) is 0. The van der Waals surface area contributed by atoms with Crippen LogP contribution in [-0.4, -0.2) is 173 Å². The molecule has 1 aliphatic carbocycles. The quantitative estimate of drug-likeness (QED) is 0.160. The van der Waals surface area contributed by atoms with Crippen LogP contribution in [0.25, 0.3) is 0 Å². The van der Waals surface area contributed by atoms with E-state index in [9.17, 15) is 61.3 Å². The molecular weight excluding hydrogens is 472 g/mol. The molecule has 2 heterocycles. The molecule has 0 spiro atoms. The molecule has 0 aromatic carbocycles. The predicted octanol–water partition coefficient (Wildman–Crippen LogP) is -8.19. The lowest BCUT2D eigenvalue weighted by atomic mass is 9.84. The maximum absolute atomic E-state index is 10.2. The zero-order valence-corrected chi connectivity index (χ0v) is 17.7. The largest absolute Gasteiger partial charge is 0.394 e. The highest BCUT2D eigenvalue weighted by atomic mass is 16.7. The first-order chi connectivity index (χ1) is 15.9. The molecule has 3 aliphatic rings. The fraction of sp³-hybridized carbons (Fsp3) is 1.00. The summed E-state index contributed by atoms with van der Waals surface area (Å²) in [7, 11) is 0. The summed E-state index contributed by atoms with van der Waals surface area (Å²) >= 11 is 0. The van der Waals surface area contributed by atoms with Crippen LogP contribution in [0.2, 0.25) is 0 Å². The van der Waals surface area contributed by atoms with Crippen molar-refractivity contribution in [1.29, 1.82) is 0 Å². The van der Waals surface area contributed by atoms with Crippen molar-refractivity contribution < 1.29 is 80.2 Å². The van der Waals surface area contributed by atoms with E-state index >= 15 is 0 Å². The van der Waals surface area contributed by atoms with E-state index < -0.39 is 111 Å². The van der Waals surface area contributed by atoms with Gasteiger partial charge in [0.25, 0.3) is 0 Å². The Balaban J connectivity index is 1.67. The maximum Gasteiger partial charge on any atom is 0.187 e. The molecule has 34 heavy (non-hydrogen) atoms. The third-order valence-electron chi connectivity index (χ3n) is 6.31. The summed E-state index contributed by atoms with van der Waals surface area (Å²) in [4.78, 5) is 0. The first-order valence-electron chi connectivity index (χ1n) is 10.6. The van der Waals surface area contributed by atoms with Gasteiger partial charge in [-0.25, -0.2) is 0 Å². The Hall–Kier alpha value is -0.640. The van der Waals surface area contributed by atoms with Gasteiger partial charge in [0, 0.05) is 0 Å². The van der Waals surface area contributed by atoms with Gasteiger partial charge in [0.1, 0.15) is 85.5 Å². The van der Waals surface area contributed by atoms with Crippen LogP contribution in [0.4, 0.5) is 0 Å². The standard InChI is InChI=1S/C18H32O16/c19-1-3-5(20)7(22)14(29)17(32-3)31-2-4-6(21)8(23)15(30)18(33-4)34-16-12(27)10(25)9(24)11(26)13(16)28/h3-30H,1-2H2/t3-,4-,5-,6-,7+,8+,9?,10-,11+,12-,13-,14-,15-,16?,17+,18-/m1/s1. The Morgan fingerprint density at radius 3 is 1.41 bits per heavy atom. The Morgan fingerprint density at radius 2 is 0.882 bits per heavy atom. The first-order valence-corrected chi connectivity index (χ1v) is 10.6. The second-order valence-electron chi connectivity index (χ2n) is 8.60. The molecule has 3 fully saturated rings. The molecule has 0 bridgehead atoms. The lowest BCUT2D eigenvalue weighted by molar-refractivity contribution is -0.351. The van der Waals surface area contributed by atoms with E-state index in [1.165, 1.54) is 0 Å². The normalized spacial score (nSPS) is 54.7. The van der Waals surface area contributed by atoms with Gasteiger partial charge < -0.3 is 80.2 Å². The minimum absolute atomic E-state index is 0.646. The van der Waals surface area contributed by atoms with E-state index in [1.807, 2.05) is 0 Å². The van der Waals surface area contributed by atoms with Crippen molar-refractivity contribution in [2.75, 3.05) is 13.2 Å². The smallest absolute Gasteiger partial charge is 0.187 e. The van der Waals surface area contributed by atoms with Gasteiger partial charge in [0.2, 0.25) is 0 Å². The lowest BCUT2D eigenvalue weighted by Gasteiger charge is -2.46. The highest BCUT2D eigenvalue weighted by molar-refractivity contribution is 5.00. The monoisotopic (exact) mass is 504 g/mol. The van der Waals surface area contributed by atoms with Crippen molar-refractivity contribution in [1.82, 2.24) is 0 Å². The molecule has 16 atom stereocenters. The minimum Gasteiger partial charge on any atom is -0.394 e. The Kier molecular flexibility index (Phi) is 9.18. The zero-order valence-electron chi connectivity index (χ0n) is 17.7. The zero-order chi connectivity index (χ0) is 25.5. The third-order valence-corrected chi connectivity index (χ3v) is 6.31. The van der Waals surface area contributed by atoms with Gasteiger partial charge in [-0.2, -0.15) is 0 Å². The summed E-state index contributed by atoms with van der Waals surface area (Å²) in [5, 5.41) is 119. The van der Waals surface area contributed by atoms with Crippen molar-refractivity contribution in [3.05, 3.63) is 0 Å². The second kappa shape index (κ2) is 11.2. The third kappa shape index (κ3) is 5.23. The molecule has 0 amide bonds. The molecule has 12 N–H and O–H groups in total. The number of aliphatic hydroxyl groups is 12. The number of rotatable bonds is 6. The summed E-state index contributed by atoms with van der Waals surface area (Å²) < 4.78 is 21.0. The van der Waals surface area contributed by atoms with E-state index in [4.69, 9.17) is 18.9 Å². The van der Waals surface area contributed by atoms with Gasteiger partial charge in [-0.05, 0) is 0 Å². The van der Waals surface area contributed by atoms with Gasteiger partial charge in [-0.15, -0.1) is 0 Å². The summed E-state index contributed by atoms with van der Waals surface area (Å²) in [5.74, 6) is 0. The van der Waals surface area contributed by atoms with E-state index in [0.717, 1.165) is 0 Å². The Morgan fingerprint density at radius 1 is 0.471 bits per heavy atom. The first kappa shape index (κ1) is 27.9. The minimum atomic E-state index is -1.93. The van der Waals surface area contributed by atoms with E-state index in [-0.39, 0.29) is 0 Å². The van der Waals surface area contributed by atoms with Gasteiger partial charge in [0.15, 0.2) is 12.6 Å². The van der Waals surface area contributed by atoms with Crippen LogP contribution in [0, 0.1) is 0 Å². The van der Waals surface area contributed by atoms with Crippen LogP contribution in [0.1, 0.15) is 0 Å². The highest BCUT2D eigenvalue weighted by Gasteiger charge is 2.53. The molecule has 16 heteroatoms. The van der Waals surface area contributed by atoms with Gasteiger partial charge in [-0.3, -0.25) is 0 Å². The van der Waals surface area contributed by atoms with Crippen LogP contribution in [0.3, 0.4) is 0 Å². The summed E-state index contributed by atoms with van der Waals surface area (Å²) in [6.07, 6.45) is -28.3. The predicted molar refractivity (Wildman–Crippen MR) is 101 cm³/mol. The van der Waals surface area contributed by atoms with Crippen molar-refractivity contribution in [3.8, 4) is 0 Å². The fourth-order valence-electron chi connectivity index (χ4n) is 4.07. The van der Waals surface area contributed by atoms with Crippen LogP contribution in [-0.2, 0) is 18.9 Å². The molecule has 3 rings (SSSR count). The van der Waals surface area contributed by atoms with Crippen LogP contribution in [0.15, 0.2) is 0 Å². The number of hydrogen-bond acceptors (Lipinski definition) is 16. The van der Waals surface area contributed by atoms with Crippen molar-refractivity contribution >= 4 is 0 Å². The average molecular weight is 504 g/mol. The van der Waals surface area contributed by atoms with Crippen LogP contribution < -0.4 is 0 Å². The SMILES string of the molecule is OC[C@H]1O[C@H](OC[C@H]2O[C@H](OC3[C@H](O)[C@H](O)C(O)[C@H](O)[C@H]3O)[C@H](O)[C@@H](O)[C@@H]2O)[C@H](O)[C@@H](O)[C@@H]1O. The van der Waals surface area contributed by atoms with Crippen LogP contribution >= 0.6 is 0 Å². The Bertz CT molecular complexity index is 637. The van der Waals surface area contributed by atoms with E-state index in [1.54, 1.807) is 0 Å². The molecule has 16 nitrogen and oxygen atoms in total. The van der Waals surface area contributed by atoms with E-state index in [0.29, 0.717) is 0 Å². The fourth-order valence-corrected chi connectivity index (χ4v) is 4.07. The molecule has 2 unspecified atom stereocenters. The molecule has 0 aromatic rings. The van der Waals surface area contributed by atoms with E-state index in [2.05, 4.69) is 0 Å². The second-order valence-corrected chi connectivity index (χ2v) is 8.60. The van der Waals surface area contributed by atoms with Gasteiger partial charge in [0.05, 0.1) is 13.2 Å². The highest BCUT2D eigenvalue weighted by Crippen LogP contribution is 2.30. The molecule has 200 valence electrons. The van der Waals surface area contributed by atoms with Crippen LogP contribution in [0.5, 0.6) is 0 Å². The number of aliphatic hydroxyl groups excluding tert-OH is 12. The number of hydrogen-bond donors (Lipinski definition) is 12. The molecule has 2 saturated heterocycles. The molecule has 0 aromatic heterocycles. The molecule has 1 saturated carbocycles. The van der Waals surface area contributed by atoms with Gasteiger partial charge >= 0.3 is 0 Å². The lowest BCUT2D eigenvalue weighted by Crippen LogP contribution is -2.67. The average Bonchev–Trinajstić information content (AvgIpc) is 2.82. The van der Waals surface area contributed by atoms with Gasteiger partial charge in [-0.1, -0.05) is 0 Å². The van der Waals surface area contributed by atoms with Crippen molar-refractivity contribution in [3.63, 3.8) is 0 Å². The summed E-state index contributed by atoms with van der Waals surface area (Å²) in [6, 6.07) is 0. The summed E-state index contributed by atoms with van der Waals surface area (Å²) in [6.45, 7) is -1.36. The maximum atomic E-state index is 10.2. The van der Waals surface area contributed by atoms with Crippen molar-refractivity contribution in [2.45, 2.75) is 98.0 Å².